The van der Waals surface area contributed by atoms with E-state index >= 15 is 0 Å². The number of nitrogens with two attached hydrogens (primary N) is 2. The predicted molar refractivity (Wildman–Crippen MR) is 223 cm³/mol. The minimum absolute atomic E-state index is 0.131. The van der Waals surface area contributed by atoms with Gasteiger partial charge < -0.3 is 40.4 Å². The number of unbranched alkanes of at least 4 members (excludes halogenated alkanes) is 2. The van der Waals surface area contributed by atoms with E-state index < -0.39 is 0 Å². The largest absolute Gasteiger partial charge is 0.465 e. The third kappa shape index (κ3) is 11.7. The van der Waals surface area contributed by atoms with Crippen molar-refractivity contribution in [3.63, 3.8) is 0 Å². The van der Waals surface area contributed by atoms with Crippen LogP contribution in [0.3, 0.4) is 0 Å². The Morgan fingerprint density at radius 2 is 1.05 bits per heavy atom. The van der Waals surface area contributed by atoms with Crippen LogP contribution in [-0.2, 0) is 38.4 Å². The van der Waals surface area contributed by atoms with E-state index in [1.165, 1.54) is 9.13 Å². The summed E-state index contributed by atoms with van der Waals surface area (Å²) < 4.78 is 24.2. The molecular formula is C41H52N10O8. The van der Waals surface area contributed by atoms with Crippen LogP contribution in [0.25, 0.3) is 28.0 Å². The standard InChI is InChI=1S/C21H27N5O4.C20H25N5O4/c1-3-5-11-30-20-24-18(22)17-19(25-20)26(21(28)23-17)13-15-8-6-14(7-9-15)12-16(27)29-10-4-2;1-3-5-11-29-19-23-17(21)16-18(24-19)25(20(27)22-16)14-8-6-13(7-9-14)12-15(26)28-10-4-2/h6-9H,3-5,10-13H2,1-2H3,(H,23,28)(H2,22,24,25);6-9H,3-5,10-12H2,1-2H3,(H,22,27)(H2,21,23,24). The summed E-state index contributed by atoms with van der Waals surface area (Å²) in [7, 11) is 0. The van der Waals surface area contributed by atoms with Gasteiger partial charge in [-0.05, 0) is 54.5 Å². The summed E-state index contributed by atoms with van der Waals surface area (Å²) in [5, 5.41) is 0. The van der Waals surface area contributed by atoms with Gasteiger partial charge in [0.25, 0.3) is 0 Å². The lowest BCUT2D eigenvalue weighted by atomic mass is 10.1. The fourth-order valence-electron chi connectivity index (χ4n) is 5.72. The average Bonchev–Trinajstić information content (AvgIpc) is 3.73. The molecule has 4 aromatic heterocycles. The zero-order chi connectivity index (χ0) is 42.3. The monoisotopic (exact) mass is 812 g/mol. The summed E-state index contributed by atoms with van der Waals surface area (Å²) in [5.41, 5.74) is 15.8. The van der Waals surface area contributed by atoms with Gasteiger partial charge in [0, 0.05) is 0 Å². The number of hydrogen-bond donors (Lipinski definition) is 4. The van der Waals surface area contributed by atoms with Gasteiger partial charge in [-0.25, -0.2) is 14.2 Å². The van der Waals surface area contributed by atoms with Crippen molar-refractivity contribution >= 4 is 45.9 Å². The van der Waals surface area contributed by atoms with Crippen LogP contribution in [0, 0.1) is 0 Å². The number of aromatic amines is 2. The molecule has 0 saturated heterocycles. The third-order valence-corrected chi connectivity index (χ3v) is 8.82. The second-order valence-corrected chi connectivity index (χ2v) is 13.6. The highest BCUT2D eigenvalue weighted by molar-refractivity contribution is 5.83. The maximum atomic E-state index is 12.5. The van der Waals surface area contributed by atoms with Crippen molar-refractivity contribution in [2.75, 3.05) is 37.9 Å². The Morgan fingerprint density at radius 3 is 1.56 bits per heavy atom. The molecule has 0 aliphatic carbocycles. The van der Waals surface area contributed by atoms with Crippen LogP contribution in [0.15, 0.2) is 58.1 Å². The number of anilines is 2. The third-order valence-electron chi connectivity index (χ3n) is 8.82. The van der Waals surface area contributed by atoms with E-state index in [4.69, 9.17) is 30.4 Å². The lowest BCUT2D eigenvalue weighted by molar-refractivity contribution is -0.143. The lowest BCUT2D eigenvalue weighted by Crippen LogP contribution is -2.18. The highest BCUT2D eigenvalue weighted by atomic mass is 16.5. The van der Waals surface area contributed by atoms with E-state index in [9.17, 15) is 19.2 Å². The zero-order valence-corrected chi connectivity index (χ0v) is 33.9. The molecule has 0 fully saturated rings. The number of ether oxygens (including phenoxy) is 4. The van der Waals surface area contributed by atoms with Crippen LogP contribution < -0.4 is 32.3 Å². The van der Waals surface area contributed by atoms with E-state index in [1.807, 2.05) is 38.1 Å². The van der Waals surface area contributed by atoms with Crippen molar-refractivity contribution in [1.29, 1.82) is 0 Å². The van der Waals surface area contributed by atoms with Gasteiger partial charge in [-0.15, -0.1) is 0 Å². The predicted octanol–water partition coefficient (Wildman–Crippen LogP) is 4.79. The van der Waals surface area contributed by atoms with Crippen molar-refractivity contribution in [3.8, 4) is 17.7 Å². The van der Waals surface area contributed by atoms with E-state index in [1.54, 1.807) is 24.3 Å². The quantitative estimate of drug-likeness (QED) is 0.0634. The molecule has 6 rings (SSSR count). The number of nitrogens with zero attached hydrogens (tertiary/aromatic N) is 6. The van der Waals surface area contributed by atoms with Crippen LogP contribution >= 0.6 is 0 Å². The van der Waals surface area contributed by atoms with Gasteiger partial charge in [-0.3, -0.25) is 14.2 Å². The Bertz CT molecular complexity index is 2440. The fourth-order valence-corrected chi connectivity index (χ4v) is 5.72. The number of fused-ring (bicyclic) bond motifs is 2. The number of aromatic nitrogens is 8. The highest BCUT2D eigenvalue weighted by Gasteiger charge is 2.17. The number of nitrogens with one attached hydrogen (secondary N) is 2. The molecule has 0 bridgehead atoms. The summed E-state index contributed by atoms with van der Waals surface area (Å²) in [6.45, 7) is 10.1. The lowest BCUT2D eigenvalue weighted by Gasteiger charge is -2.08. The molecule has 6 aromatic rings. The molecule has 0 aliphatic rings. The second kappa shape index (κ2) is 21.2. The first kappa shape index (κ1) is 43.4. The van der Waals surface area contributed by atoms with Crippen molar-refractivity contribution in [2.24, 2.45) is 0 Å². The van der Waals surface area contributed by atoms with Gasteiger partial charge >= 0.3 is 35.3 Å². The average molecular weight is 813 g/mol. The molecule has 59 heavy (non-hydrogen) atoms. The van der Waals surface area contributed by atoms with Gasteiger partial charge in [-0.1, -0.05) is 76.9 Å². The van der Waals surface area contributed by atoms with Gasteiger partial charge in [-0.2, -0.15) is 19.9 Å². The van der Waals surface area contributed by atoms with Gasteiger partial charge in [0.1, 0.15) is 11.0 Å². The number of carbonyl (C=O) groups excluding carboxylic acids is 2. The van der Waals surface area contributed by atoms with Crippen LogP contribution in [0.2, 0.25) is 0 Å². The number of hydrogen-bond acceptors (Lipinski definition) is 14. The molecular weight excluding hydrogens is 761 g/mol. The SMILES string of the molecule is CCCCOc1nc(N)c2[nH]c(=O)n(-c3ccc(CC(=O)OCCC)cc3)c2n1.CCCCOc1nc(N)c2[nH]c(=O)n(Cc3ccc(CC(=O)OCCC)cc3)c2n1. The number of H-pyrrole nitrogens is 2. The molecule has 2 aromatic carbocycles. The Labute approximate surface area is 340 Å². The zero-order valence-electron chi connectivity index (χ0n) is 33.9. The molecule has 0 aliphatic heterocycles. The smallest absolute Gasteiger partial charge is 0.332 e. The topological polar surface area (TPSA) is 250 Å². The second-order valence-electron chi connectivity index (χ2n) is 13.6. The van der Waals surface area contributed by atoms with E-state index in [0.717, 1.165) is 55.2 Å². The molecule has 0 radical (unpaired) electrons. The van der Waals surface area contributed by atoms with Gasteiger partial charge in [0.05, 0.1) is 51.5 Å². The van der Waals surface area contributed by atoms with Crippen molar-refractivity contribution in [2.45, 2.75) is 85.6 Å². The maximum Gasteiger partial charge on any atom is 0.332 e. The molecule has 314 valence electrons. The van der Waals surface area contributed by atoms with Crippen LogP contribution in [0.5, 0.6) is 12.0 Å². The molecule has 0 saturated carbocycles. The van der Waals surface area contributed by atoms with E-state index in [2.05, 4.69) is 43.8 Å². The van der Waals surface area contributed by atoms with Gasteiger partial charge in [0.15, 0.2) is 22.9 Å². The maximum absolute atomic E-state index is 12.5. The number of benzene rings is 2. The highest BCUT2D eigenvalue weighted by Crippen LogP contribution is 2.22. The molecule has 0 atom stereocenters. The number of nitrogen functional groups attached to an aromatic ring is 2. The molecule has 0 unspecified atom stereocenters. The fraction of sp³-hybridized carbons (Fsp3) is 0.415. The number of carbonyl (C=O) groups is 2. The molecule has 18 nitrogen and oxygen atoms in total. The Kier molecular flexibility index (Phi) is 15.6. The molecule has 6 N–H and O–H groups in total. The Hall–Kier alpha value is -6.72. The van der Waals surface area contributed by atoms with Crippen molar-refractivity contribution in [1.82, 2.24) is 39.0 Å². The molecule has 0 amide bonds. The van der Waals surface area contributed by atoms with Crippen LogP contribution in [0.1, 0.15) is 82.9 Å². The number of imidazole rings is 2. The van der Waals surface area contributed by atoms with E-state index in [0.29, 0.717) is 61.0 Å². The first-order valence-corrected chi connectivity index (χ1v) is 19.8. The normalized spacial score (nSPS) is 11.0. The van der Waals surface area contributed by atoms with Crippen molar-refractivity contribution in [3.05, 3.63) is 86.2 Å². The summed E-state index contributed by atoms with van der Waals surface area (Å²) in [4.78, 5) is 70.8. The Balaban J connectivity index is 0.000000224. The summed E-state index contributed by atoms with van der Waals surface area (Å²) in [5.74, 6) is -0.214. The number of esters is 2. The summed E-state index contributed by atoms with van der Waals surface area (Å²) in [6.07, 6.45) is 5.67. The molecule has 4 heterocycles. The number of rotatable bonds is 19. The van der Waals surface area contributed by atoms with Crippen LogP contribution in [0.4, 0.5) is 11.6 Å². The summed E-state index contributed by atoms with van der Waals surface area (Å²) >= 11 is 0. The van der Waals surface area contributed by atoms with Crippen molar-refractivity contribution < 1.29 is 28.5 Å². The molecule has 0 spiro atoms. The first-order valence-electron chi connectivity index (χ1n) is 19.8. The van der Waals surface area contributed by atoms with E-state index in [-0.39, 0.29) is 59.8 Å². The van der Waals surface area contributed by atoms with Gasteiger partial charge in [0.2, 0.25) is 0 Å². The molecule has 18 heteroatoms. The summed E-state index contributed by atoms with van der Waals surface area (Å²) in [6, 6.07) is 14.8. The van der Waals surface area contributed by atoms with Crippen LogP contribution in [-0.4, -0.2) is 77.4 Å². The Morgan fingerprint density at radius 1 is 0.593 bits per heavy atom. The minimum atomic E-state index is -0.387. The first-order chi connectivity index (χ1) is 28.5. The minimum Gasteiger partial charge on any atom is -0.465 e.